The minimum absolute atomic E-state index is 0.000233. The van der Waals surface area contributed by atoms with Crippen molar-refractivity contribution in [2.75, 3.05) is 27.6 Å². The van der Waals surface area contributed by atoms with Crippen LogP contribution in [0.3, 0.4) is 0 Å². The predicted molar refractivity (Wildman–Crippen MR) is 152 cm³/mol. The lowest BCUT2D eigenvalue weighted by molar-refractivity contribution is -0.124. The first-order chi connectivity index (χ1) is 18.7. The van der Waals surface area contributed by atoms with Gasteiger partial charge in [0.1, 0.15) is 0 Å². The highest BCUT2D eigenvalue weighted by Gasteiger charge is 2.26. The molecule has 2 aromatic rings. The number of amides is 2. The van der Waals surface area contributed by atoms with Crippen LogP contribution in [0.4, 0.5) is 0 Å². The summed E-state index contributed by atoms with van der Waals surface area (Å²) in [7, 11) is 3.27. The Kier molecular flexibility index (Phi) is 10.9. The van der Waals surface area contributed by atoms with Crippen molar-refractivity contribution in [2.24, 2.45) is 0 Å². The Labute approximate surface area is 232 Å². The molecule has 0 radical (unpaired) electrons. The van der Waals surface area contributed by atoms with E-state index in [4.69, 9.17) is 18.9 Å². The number of hydrogen-bond acceptors (Lipinski definition) is 6. The molecule has 1 aliphatic heterocycles. The van der Waals surface area contributed by atoms with E-state index in [0.29, 0.717) is 44.4 Å². The molecule has 8 heteroatoms. The Hall–Kier alpha value is -3.42. The molecule has 214 valence electrons. The lowest BCUT2D eigenvalue weighted by Gasteiger charge is -2.28. The summed E-state index contributed by atoms with van der Waals surface area (Å²) in [6.07, 6.45) is 5.19. The molecule has 0 unspecified atom stereocenters. The number of unbranched alkanes of at least 4 members (excludes halogenated alkanes) is 1. The van der Waals surface area contributed by atoms with Gasteiger partial charge in [-0.1, -0.05) is 26.0 Å². The van der Waals surface area contributed by atoms with Crippen molar-refractivity contribution >= 4 is 11.8 Å². The van der Waals surface area contributed by atoms with Crippen LogP contribution in [0.25, 0.3) is 0 Å². The van der Waals surface area contributed by atoms with Crippen LogP contribution in [0, 0.1) is 0 Å². The Bertz CT molecular complexity index is 1140. The lowest BCUT2D eigenvalue weighted by atomic mass is 9.90. The topological polar surface area (TPSA) is 95.1 Å². The van der Waals surface area contributed by atoms with Gasteiger partial charge in [0.25, 0.3) is 0 Å². The number of hydrogen-bond donors (Lipinski definition) is 2. The summed E-state index contributed by atoms with van der Waals surface area (Å²) in [6.45, 7) is 9.05. The van der Waals surface area contributed by atoms with Gasteiger partial charge in [-0.3, -0.25) is 9.59 Å². The Morgan fingerprint density at radius 1 is 0.897 bits per heavy atom. The monoisotopic (exact) mass is 540 g/mol. The number of nitrogens with one attached hydrogen (secondary N) is 2. The highest BCUT2D eigenvalue weighted by molar-refractivity contribution is 5.77. The van der Waals surface area contributed by atoms with Crippen LogP contribution in [0.2, 0.25) is 0 Å². The zero-order valence-corrected chi connectivity index (χ0v) is 24.3. The van der Waals surface area contributed by atoms with Crippen molar-refractivity contribution < 1.29 is 28.5 Å². The largest absolute Gasteiger partial charge is 0.493 e. The third-order valence-corrected chi connectivity index (χ3v) is 7.08. The van der Waals surface area contributed by atoms with Gasteiger partial charge in [0.05, 0.1) is 14.2 Å². The predicted octanol–water partition coefficient (Wildman–Crippen LogP) is 4.91. The minimum Gasteiger partial charge on any atom is -0.493 e. The van der Waals surface area contributed by atoms with Crippen molar-refractivity contribution in [1.82, 2.24) is 10.6 Å². The first kappa shape index (κ1) is 30.1. The lowest BCUT2D eigenvalue weighted by Crippen LogP contribution is -2.45. The fourth-order valence-corrected chi connectivity index (χ4v) is 5.23. The van der Waals surface area contributed by atoms with E-state index in [9.17, 15) is 9.59 Å². The molecule has 0 atom stereocenters. The molecule has 2 N–H and O–H groups in total. The molecule has 0 fully saturated rings. The molecule has 39 heavy (non-hydrogen) atoms. The number of methoxy groups -OCH3 is 2. The second-order valence-corrected chi connectivity index (χ2v) is 10.5. The number of rotatable bonds is 15. The summed E-state index contributed by atoms with van der Waals surface area (Å²) in [5.74, 6) is 3.09. The van der Waals surface area contributed by atoms with Crippen LogP contribution in [0.1, 0.15) is 75.6 Å². The molecule has 0 aliphatic carbocycles. The summed E-state index contributed by atoms with van der Waals surface area (Å²) in [4.78, 5) is 25.0. The summed E-state index contributed by atoms with van der Waals surface area (Å²) in [5, 5.41) is 6.16. The maximum absolute atomic E-state index is 12.6. The second kappa shape index (κ2) is 14.1. The zero-order valence-electron chi connectivity index (χ0n) is 24.3. The number of benzene rings is 2. The molecule has 2 aromatic carbocycles. The summed E-state index contributed by atoms with van der Waals surface area (Å²) < 4.78 is 22.1. The van der Waals surface area contributed by atoms with Crippen molar-refractivity contribution in [3.05, 3.63) is 46.5 Å². The average Bonchev–Trinajstić information content (AvgIpc) is 3.39. The van der Waals surface area contributed by atoms with E-state index in [1.54, 1.807) is 14.2 Å². The van der Waals surface area contributed by atoms with E-state index in [1.807, 2.05) is 32.0 Å². The van der Waals surface area contributed by atoms with Crippen LogP contribution >= 0.6 is 0 Å². The maximum Gasteiger partial charge on any atom is 0.231 e. The van der Waals surface area contributed by atoms with Crippen LogP contribution in [-0.4, -0.2) is 44.9 Å². The first-order valence-electron chi connectivity index (χ1n) is 13.9. The van der Waals surface area contributed by atoms with Crippen molar-refractivity contribution in [3.8, 4) is 23.0 Å². The van der Waals surface area contributed by atoms with Gasteiger partial charge in [0.15, 0.2) is 23.0 Å². The molecule has 8 nitrogen and oxygen atoms in total. The summed E-state index contributed by atoms with van der Waals surface area (Å²) in [6, 6.07) is 7.94. The molecular formula is C31H44N2O6. The molecule has 0 spiro atoms. The van der Waals surface area contributed by atoms with Crippen molar-refractivity contribution in [1.29, 1.82) is 0 Å². The minimum atomic E-state index is -0.409. The van der Waals surface area contributed by atoms with Gasteiger partial charge in [0, 0.05) is 36.1 Å². The van der Waals surface area contributed by atoms with E-state index < -0.39 is 5.54 Å². The van der Waals surface area contributed by atoms with Crippen molar-refractivity contribution in [2.45, 2.75) is 84.6 Å². The van der Waals surface area contributed by atoms with Gasteiger partial charge >= 0.3 is 0 Å². The highest BCUT2D eigenvalue weighted by atomic mass is 16.7. The van der Waals surface area contributed by atoms with Gasteiger partial charge in [-0.25, -0.2) is 0 Å². The first-order valence-corrected chi connectivity index (χ1v) is 13.9. The van der Waals surface area contributed by atoms with Gasteiger partial charge < -0.3 is 29.6 Å². The number of ether oxygens (including phenoxy) is 4. The van der Waals surface area contributed by atoms with E-state index >= 15 is 0 Å². The van der Waals surface area contributed by atoms with Gasteiger partial charge in [0.2, 0.25) is 18.6 Å². The molecule has 3 rings (SSSR count). The normalized spacial score (nSPS) is 12.3. The van der Waals surface area contributed by atoms with E-state index in [0.717, 1.165) is 58.8 Å². The van der Waals surface area contributed by atoms with Crippen molar-refractivity contribution in [3.63, 3.8) is 0 Å². The summed E-state index contributed by atoms with van der Waals surface area (Å²) >= 11 is 0. The van der Waals surface area contributed by atoms with E-state index in [1.165, 1.54) is 0 Å². The Balaban J connectivity index is 1.38. The highest BCUT2D eigenvalue weighted by Crippen LogP contribution is 2.39. The molecular weight excluding hydrogens is 496 g/mol. The standard InChI is InChI=1S/C31H44N2O6/c1-7-23-21(13-15-25(36-5)29(23)37-6)17-18-32-27(34)11-9-10-12-28(35)33-31(3,4)19-22-14-16-26-30(24(22)8-2)39-20-38-26/h13-16H,7-12,17-20H2,1-6H3,(H,32,34)(H,33,35). The molecule has 0 bridgehead atoms. The number of fused-ring (bicyclic) bond motifs is 1. The molecule has 0 saturated carbocycles. The quantitative estimate of drug-likeness (QED) is 0.312. The third-order valence-electron chi connectivity index (χ3n) is 7.08. The number of carbonyl (C=O) groups excluding carboxylic acids is 2. The maximum atomic E-state index is 12.6. The fraction of sp³-hybridized carbons (Fsp3) is 0.548. The Morgan fingerprint density at radius 2 is 1.59 bits per heavy atom. The van der Waals surface area contributed by atoms with E-state index in [2.05, 4.69) is 30.5 Å². The third kappa shape index (κ3) is 8.04. The van der Waals surface area contributed by atoms with Crippen LogP contribution in [-0.2, 0) is 35.3 Å². The van der Waals surface area contributed by atoms with Crippen LogP contribution in [0.15, 0.2) is 24.3 Å². The summed E-state index contributed by atoms with van der Waals surface area (Å²) in [5.41, 5.74) is 4.12. The molecule has 1 heterocycles. The average molecular weight is 541 g/mol. The Morgan fingerprint density at radius 3 is 2.26 bits per heavy atom. The fourth-order valence-electron chi connectivity index (χ4n) is 5.23. The zero-order chi connectivity index (χ0) is 28.4. The van der Waals surface area contributed by atoms with Gasteiger partial charge in [-0.2, -0.15) is 0 Å². The van der Waals surface area contributed by atoms with E-state index in [-0.39, 0.29) is 18.6 Å². The van der Waals surface area contributed by atoms with Crippen LogP contribution in [0.5, 0.6) is 23.0 Å². The van der Waals surface area contributed by atoms with Gasteiger partial charge in [-0.15, -0.1) is 0 Å². The van der Waals surface area contributed by atoms with Gasteiger partial charge in [-0.05, 0) is 75.6 Å². The second-order valence-electron chi connectivity index (χ2n) is 10.5. The SMILES string of the molecule is CCc1c(CCNC(=O)CCCCC(=O)NC(C)(C)Cc2ccc3c(c2CC)OCO3)ccc(OC)c1OC. The molecule has 1 aliphatic rings. The molecule has 2 amide bonds. The smallest absolute Gasteiger partial charge is 0.231 e. The number of carbonyl (C=O) groups is 2. The molecule has 0 aromatic heterocycles. The molecule has 0 saturated heterocycles. The van der Waals surface area contributed by atoms with Crippen LogP contribution < -0.4 is 29.6 Å².